The normalized spacial score (nSPS) is 11.0. The lowest BCUT2D eigenvalue weighted by molar-refractivity contribution is 0.0531. The average Bonchev–Trinajstić information content (AvgIpc) is 3.10. The van der Waals surface area contributed by atoms with E-state index in [0.29, 0.717) is 31.6 Å². The number of aromatic nitrogens is 2. The van der Waals surface area contributed by atoms with Crippen LogP contribution in [0.25, 0.3) is 15.9 Å². The largest absolute Gasteiger partial charge is 0.462 e. The molecule has 2 heterocycles. The van der Waals surface area contributed by atoms with Gasteiger partial charge in [0.15, 0.2) is 5.16 Å². The summed E-state index contributed by atoms with van der Waals surface area (Å²) in [5.74, 6) is 0.267. The van der Waals surface area contributed by atoms with Crippen molar-refractivity contribution < 1.29 is 9.53 Å². The molecule has 0 aliphatic heterocycles. The van der Waals surface area contributed by atoms with Crippen LogP contribution in [0, 0.1) is 6.92 Å². The molecule has 30 heavy (non-hydrogen) atoms. The van der Waals surface area contributed by atoms with Gasteiger partial charge < -0.3 is 4.74 Å². The smallest absolute Gasteiger partial charge is 0.348 e. The zero-order valence-electron chi connectivity index (χ0n) is 16.6. The summed E-state index contributed by atoms with van der Waals surface area (Å²) in [4.78, 5) is 31.7. The van der Waals surface area contributed by atoms with Gasteiger partial charge in [-0.1, -0.05) is 60.3 Å². The zero-order valence-corrected chi connectivity index (χ0v) is 18.3. The van der Waals surface area contributed by atoms with Crippen molar-refractivity contribution in [3.05, 3.63) is 87.0 Å². The monoisotopic (exact) mass is 436 g/mol. The molecule has 0 atom stereocenters. The van der Waals surface area contributed by atoms with E-state index in [2.05, 4.69) is 0 Å². The maximum Gasteiger partial charge on any atom is 0.348 e. The number of thiophene rings is 1. The van der Waals surface area contributed by atoms with Crippen LogP contribution in [0.4, 0.5) is 0 Å². The first-order chi connectivity index (χ1) is 14.6. The number of ether oxygens (including phenoxy) is 1. The Labute approximate surface area is 182 Å². The van der Waals surface area contributed by atoms with E-state index < -0.39 is 5.97 Å². The fourth-order valence-electron chi connectivity index (χ4n) is 3.18. The fourth-order valence-corrected chi connectivity index (χ4v) is 5.26. The first kappa shape index (κ1) is 20.4. The summed E-state index contributed by atoms with van der Waals surface area (Å²) in [6.07, 6.45) is 0. The fraction of sp³-hybridized carbons (Fsp3) is 0.174. The Morgan fingerprint density at radius 3 is 2.43 bits per heavy atom. The number of para-hydroxylation sites is 1. The molecule has 5 nitrogen and oxygen atoms in total. The van der Waals surface area contributed by atoms with Gasteiger partial charge in [0.1, 0.15) is 9.71 Å². The molecule has 2 aromatic carbocycles. The lowest BCUT2D eigenvalue weighted by Crippen LogP contribution is -2.21. The van der Waals surface area contributed by atoms with Crippen LogP contribution < -0.4 is 5.56 Å². The first-order valence-electron chi connectivity index (χ1n) is 9.55. The summed E-state index contributed by atoms with van der Waals surface area (Å²) in [5.41, 5.74) is 2.34. The Morgan fingerprint density at radius 2 is 1.77 bits per heavy atom. The highest BCUT2D eigenvalue weighted by Crippen LogP contribution is 2.31. The Kier molecular flexibility index (Phi) is 6.01. The standard InChI is InChI=1S/C23H20N2O3S2/c1-3-28-22(27)19-15(2)18-20(30-19)24-23(29-14-16-10-6-4-7-11-16)25(21(18)26)17-12-8-5-9-13-17/h4-13H,3,14H2,1-2H3. The molecule has 0 radical (unpaired) electrons. The summed E-state index contributed by atoms with van der Waals surface area (Å²) >= 11 is 2.71. The topological polar surface area (TPSA) is 61.2 Å². The number of esters is 1. The van der Waals surface area contributed by atoms with Crippen molar-refractivity contribution >= 4 is 39.3 Å². The number of benzene rings is 2. The van der Waals surface area contributed by atoms with Gasteiger partial charge in [-0.05, 0) is 37.1 Å². The molecule has 0 saturated carbocycles. The molecule has 152 valence electrons. The van der Waals surface area contributed by atoms with E-state index in [1.165, 1.54) is 23.1 Å². The Balaban J connectivity index is 1.88. The van der Waals surface area contributed by atoms with Crippen LogP contribution in [0.2, 0.25) is 0 Å². The number of hydrogen-bond acceptors (Lipinski definition) is 6. The summed E-state index contributed by atoms with van der Waals surface area (Å²) in [6.45, 7) is 3.83. The van der Waals surface area contributed by atoms with E-state index in [4.69, 9.17) is 9.72 Å². The van der Waals surface area contributed by atoms with Crippen LogP contribution in [-0.2, 0) is 10.5 Å². The SMILES string of the molecule is CCOC(=O)c1sc2nc(SCc3ccccc3)n(-c3ccccc3)c(=O)c2c1C. The average molecular weight is 437 g/mol. The third-order valence-corrected chi connectivity index (χ3v) is 6.80. The Bertz CT molecular complexity index is 1250. The van der Waals surface area contributed by atoms with Crippen molar-refractivity contribution in [2.24, 2.45) is 0 Å². The molecule has 0 unspecified atom stereocenters. The van der Waals surface area contributed by atoms with Gasteiger partial charge in [0.2, 0.25) is 0 Å². The van der Waals surface area contributed by atoms with E-state index in [1.54, 1.807) is 18.4 Å². The van der Waals surface area contributed by atoms with Crippen LogP contribution in [0.5, 0.6) is 0 Å². The van der Waals surface area contributed by atoms with Crippen LogP contribution in [0.1, 0.15) is 27.7 Å². The van der Waals surface area contributed by atoms with Crippen molar-refractivity contribution in [2.75, 3.05) is 6.61 Å². The molecule has 0 N–H and O–H groups in total. The summed E-state index contributed by atoms with van der Waals surface area (Å²) in [6, 6.07) is 19.5. The second-order valence-corrected chi connectivity index (χ2v) is 8.54. The third-order valence-electron chi connectivity index (χ3n) is 4.62. The van der Waals surface area contributed by atoms with Gasteiger partial charge in [0.25, 0.3) is 5.56 Å². The van der Waals surface area contributed by atoms with Crippen molar-refractivity contribution in [2.45, 2.75) is 24.8 Å². The van der Waals surface area contributed by atoms with E-state index >= 15 is 0 Å². The van der Waals surface area contributed by atoms with Gasteiger partial charge in [-0.3, -0.25) is 9.36 Å². The first-order valence-corrected chi connectivity index (χ1v) is 11.4. The van der Waals surface area contributed by atoms with Crippen molar-refractivity contribution in [1.29, 1.82) is 0 Å². The number of thioether (sulfide) groups is 1. The van der Waals surface area contributed by atoms with Crippen LogP contribution in [0.15, 0.2) is 70.6 Å². The molecule has 0 aliphatic carbocycles. The molecule has 4 rings (SSSR count). The number of nitrogens with zero attached hydrogens (tertiary/aromatic N) is 2. The lowest BCUT2D eigenvalue weighted by Gasteiger charge is -2.12. The number of carbonyl (C=O) groups excluding carboxylic acids is 1. The van der Waals surface area contributed by atoms with Crippen LogP contribution in [0.3, 0.4) is 0 Å². The molecule has 7 heteroatoms. The summed E-state index contributed by atoms with van der Waals surface area (Å²) < 4.78 is 6.79. The second-order valence-electron chi connectivity index (χ2n) is 6.60. The second kappa shape index (κ2) is 8.85. The summed E-state index contributed by atoms with van der Waals surface area (Å²) in [7, 11) is 0. The minimum absolute atomic E-state index is 0.175. The predicted octanol–water partition coefficient (Wildman–Crippen LogP) is 5.22. The van der Waals surface area contributed by atoms with Gasteiger partial charge in [-0.15, -0.1) is 11.3 Å². The van der Waals surface area contributed by atoms with Gasteiger partial charge in [-0.25, -0.2) is 9.78 Å². The van der Waals surface area contributed by atoms with Gasteiger partial charge in [-0.2, -0.15) is 0 Å². The number of aryl methyl sites for hydroxylation is 1. The molecule has 0 bridgehead atoms. The van der Waals surface area contributed by atoms with Crippen LogP contribution >= 0.6 is 23.1 Å². The number of rotatable bonds is 6. The molecule has 0 fully saturated rings. The van der Waals surface area contributed by atoms with Gasteiger partial charge >= 0.3 is 5.97 Å². The highest BCUT2D eigenvalue weighted by Gasteiger charge is 2.23. The number of fused-ring (bicyclic) bond motifs is 1. The molecular weight excluding hydrogens is 416 g/mol. The lowest BCUT2D eigenvalue weighted by atomic mass is 10.2. The van der Waals surface area contributed by atoms with Gasteiger partial charge in [0.05, 0.1) is 17.7 Å². The Hall–Kier alpha value is -2.90. The molecule has 0 saturated heterocycles. The maximum absolute atomic E-state index is 13.5. The molecular formula is C23H20N2O3S2. The van der Waals surface area contributed by atoms with Crippen LogP contribution in [-0.4, -0.2) is 22.1 Å². The molecule has 4 aromatic rings. The van der Waals surface area contributed by atoms with E-state index in [9.17, 15) is 9.59 Å². The predicted molar refractivity (Wildman–Crippen MR) is 122 cm³/mol. The molecule has 0 aliphatic rings. The van der Waals surface area contributed by atoms with E-state index in [1.807, 2.05) is 60.7 Å². The molecule has 0 spiro atoms. The zero-order chi connectivity index (χ0) is 21.1. The minimum Gasteiger partial charge on any atom is -0.462 e. The Morgan fingerprint density at radius 1 is 1.10 bits per heavy atom. The van der Waals surface area contributed by atoms with Crippen molar-refractivity contribution in [3.8, 4) is 5.69 Å². The van der Waals surface area contributed by atoms with E-state index in [0.717, 1.165) is 11.3 Å². The maximum atomic E-state index is 13.5. The highest BCUT2D eigenvalue weighted by molar-refractivity contribution is 7.98. The number of carbonyl (C=O) groups is 1. The molecule has 2 aromatic heterocycles. The van der Waals surface area contributed by atoms with Crippen molar-refractivity contribution in [1.82, 2.24) is 9.55 Å². The highest BCUT2D eigenvalue weighted by atomic mass is 32.2. The number of hydrogen-bond donors (Lipinski definition) is 0. The quantitative estimate of drug-likeness (QED) is 0.235. The van der Waals surface area contributed by atoms with Crippen molar-refractivity contribution in [3.63, 3.8) is 0 Å². The van der Waals surface area contributed by atoms with E-state index in [-0.39, 0.29) is 12.2 Å². The third kappa shape index (κ3) is 3.91. The van der Waals surface area contributed by atoms with Gasteiger partial charge in [0, 0.05) is 5.75 Å². The molecule has 0 amide bonds. The minimum atomic E-state index is -0.415. The summed E-state index contributed by atoms with van der Waals surface area (Å²) in [5, 5.41) is 1.06.